The number of carbonyl (C=O) groups excluding carboxylic acids is 4. The van der Waals surface area contributed by atoms with Gasteiger partial charge in [0.1, 0.15) is 18.7 Å². The zero-order valence-corrected chi connectivity index (χ0v) is 24.9. The van der Waals surface area contributed by atoms with E-state index in [1.807, 2.05) is 6.07 Å². The van der Waals surface area contributed by atoms with Gasteiger partial charge >= 0.3 is 12.1 Å². The first-order valence-electron chi connectivity index (χ1n) is 14.2. The molecule has 5 atom stereocenters. The van der Waals surface area contributed by atoms with E-state index in [4.69, 9.17) is 10.5 Å². The molecule has 2 aromatic carbocycles. The number of hydrogen-bond donors (Lipinski definition) is 5. The summed E-state index contributed by atoms with van der Waals surface area (Å²) in [5.41, 5.74) is 7.22. The monoisotopic (exact) mass is 598 g/mol. The highest BCUT2D eigenvalue weighted by Crippen LogP contribution is 2.14. The molecule has 0 aromatic heterocycles. The van der Waals surface area contributed by atoms with Gasteiger partial charge in [-0.1, -0.05) is 74.5 Å². The topological polar surface area (TPSA) is 188 Å². The first kappa shape index (κ1) is 34.9. The van der Waals surface area contributed by atoms with Crippen molar-refractivity contribution in [1.29, 1.82) is 0 Å². The number of amides is 4. The van der Waals surface area contributed by atoms with E-state index in [9.17, 15) is 34.2 Å². The number of aliphatic carboxylic acids is 1. The van der Waals surface area contributed by atoms with Gasteiger partial charge in [0.15, 0.2) is 0 Å². The van der Waals surface area contributed by atoms with Gasteiger partial charge in [0.25, 0.3) is 0 Å². The van der Waals surface area contributed by atoms with E-state index in [1.165, 1.54) is 13.8 Å². The maximum atomic E-state index is 13.4. The Morgan fingerprint density at radius 2 is 1.44 bits per heavy atom. The first-order chi connectivity index (χ1) is 20.3. The van der Waals surface area contributed by atoms with Crippen LogP contribution in [0.15, 0.2) is 60.7 Å². The van der Waals surface area contributed by atoms with E-state index in [2.05, 4.69) is 10.6 Å². The lowest BCUT2D eigenvalue weighted by Gasteiger charge is -2.30. The van der Waals surface area contributed by atoms with Crippen LogP contribution in [0.4, 0.5) is 4.79 Å². The van der Waals surface area contributed by atoms with Gasteiger partial charge in [-0.25, -0.2) is 14.5 Å². The zero-order valence-electron chi connectivity index (χ0n) is 24.9. The summed E-state index contributed by atoms with van der Waals surface area (Å²) in [5, 5.41) is 25.6. The SMILES string of the molecule is CC(C)[C@H](NC(=O)CCC(O)C(Cc1ccccc1)NC(=O)[C@H](C)N(C(=O)OCc1ccccc1)C(=O)[C@H](C)N)C(=O)O. The van der Waals surface area contributed by atoms with Crippen LogP contribution in [0.5, 0.6) is 0 Å². The van der Waals surface area contributed by atoms with Gasteiger partial charge in [-0.2, -0.15) is 0 Å². The number of nitrogens with zero attached hydrogens (tertiary/aromatic N) is 1. The van der Waals surface area contributed by atoms with Crippen LogP contribution < -0.4 is 16.4 Å². The van der Waals surface area contributed by atoms with Crippen LogP contribution >= 0.6 is 0 Å². The summed E-state index contributed by atoms with van der Waals surface area (Å²) in [5.74, 6) is -3.65. The highest BCUT2D eigenvalue weighted by atomic mass is 16.6. The molecular formula is C31H42N4O8. The lowest BCUT2D eigenvalue weighted by Crippen LogP contribution is -2.57. The molecule has 2 aromatic rings. The maximum absolute atomic E-state index is 13.4. The molecule has 0 aliphatic rings. The Morgan fingerprint density at radius 3 is 1.95 bits per heavy atom. The number of ether oxygens (including phenoxy) is 1. The molecule has 0 saturated heterocycles. The molecule has 234 valence electrons. The fourth-order valence-electron chi connectivity index (χ4n) is 4.26. The summed E-state index contributed by atoms with van der Waals surface area (Å²) in [6, 6.07) is 13.3. The van der Waals surface area contributed by atoms with E-state index < -0.39 is 60.1 Å². The van der Waals surface area contributed by atoms with Crippen molar-refractivity contribution in [3.63, 3.8) is 0 Å². The fraction of sp³-hybridized carbons (Fsp3) is 0.452. The molecule has 12 heteroatoms. The Morgan fingerprint density at radius 1 is 0.884 bits per heavy atom. The van der Waals surface area contributed by atoms with Gasteiger partial charge in [0, 0.05) is 6.42 Å². The standard InChI is InChI=1S/C31H42N4O8/c1-19(2)27(30(40)41)34-26(37)16-15-25(36)24(17-22-11-7-5-8-12-22)33-28(38)21(4)35(29(39)20(3)32)31(42)43-18-23-13-9-6-10-14-23/h5-14,19-21,24-25,27,36H,15-18,32H2,1-4H3,(H,33,38)(H,34,37)(H,40,41)/t20-,21-,24?,25?,27-/m0/s1. The molecular weight excluding hydrogens is 556 g/mol. The van der Waals surface area contributed by atoms with E-state index in [0.29, 0.717) is 10.5 Å². The van der Waals surface area contributed by atoms with Crippen molar-refractivity contribution in [1.82, 2.24) is 15.5 Å². The molecule has 2 rings (SSSR count). The molecule has 43 heavy (non-hydrogen) atoms. The molecule has 0 bridgehead atoms. The Kier molecular flexibility index (Phi) is 13.8. The highest BCUT2D eigenvalue weighted by molar-refractivity contribution is 5.99. The Balaban J connectivity index is 2.18. The van der Waals surface area contributed by atoms with Crippen molar-refractivity contribution in [2.45, 2.75) is 83.8 Å². The minimum atomic E-state index is -1.35. The summed E-state index contributed by atoms with van der Waals surface area (Å²) in [7, 11) is 0. The molecule has 0 radical (unpaired) electrons. The summed E-state index contributed by atoms with van der Waals surface area (Å²) in [6.07, 6.45) is -2.40. The number of carboxylic acid groups (broad SMARTS) is 1. The zero-order chi connectivity index (χ0) is 32.1. The van der Waals surface area contributed by atoms with Gasteiger partial charge in [-0.3, -0.25) is 14.4 Å². The fourth-order valence-corrected chi connectivity index (χ4v) is 4.26. The Labute approximate surface area is 251 Å². The maximum Gasteiger partial charge on any atom is 0.417 e. The summed E-state index contributed by atoms with van der Waals surface area (Å²) in [4.78, 5) is 63.9. The van der Waals surface area contributed by atoms with Crippen LogP contribution in [-0.4, -0.2) is 75.2 Å². The van der Waals surface area contributed by atoms with E-state index in [1.54, 1.807) is 68.4 Å². The van der Waals surface area contributed by atoms with Gasteiger partial charge in [-0.15, -0.1) is 0 Å². The highest BCUT2D eigenvalue weighted by Gasteiger charge is 2.36. The number of carboxylic acids is 1. The second-order valence-electron chi connectivity index (χ2n) is 10.8. The third kappa shape index (κ3) is 11.1. The predicted molar refractivity (Wildman–Crippen MR) is 158 cm³/mol. The molecule has 2 unspecified atom stereocenters. The molecule has 0 aliphatic carbocycles. The predicted octanol–water partition coefficient (Wildman–Crippen LogP) is 1.98. The average molecular weight is 599 g/mol. The molecule has 0 spiro atoms. The lowest BCUT2D eigenvalue weighted by atomic mass is 9.97. The van der Waals surface area contributed by atoms with Crippen molar-refractivity contribution in [3.05, 3.63) is 71.8 Å². The van der Waals surface area contributed by atoms with E-state index >= 15 is 0 Å². The second kappa shape index (κ2) is 17.0. The van der Waals surface area contributed by atoms with Crippen molar-refractivity contribution in [2.24, 2.45) is 11.7 Å². The van der Waals surface area contributed by atoms with Gasteiger partial charge in [-0.05, 0) is 43.7 Å². The first-order valence-corrected chi connectivity index (χ1v) is 14.2. The van der Waals surface area contributed by atoms with E-state index in [-0.39, 0.29) is 31.8 Å². The quantitative estimate of drug-likeness (QED) is 0.204. The summed E-state index contributed by atoms with van der Waals surface area (Å²) >= 11 is 0. The van der Waals surface area contributed by atoms with E-state index in [0.717, 1.165) is 5.56 Å². The molecule has 0 heterocycles. The minimum absolute atomic E-state index is 0.0932. The smallest absolute Gasteiger partial charge is 0.417 e. The summed E-state index contributed by atoms with van der Waals surface area (Å²) < 4.78 is 5.31. The van der Waals surface area contributed by atoms with Gasteiger partial charge < -0.3 is 31.3 Å². The Hall–Kier alpha value is -4.29. The Bertz CT molecular complexity index is 1220. The minimum Gasteiger partial charge on any atom is -0.480 e. The van der Waals surface area contributed by atoms with Crippen molar-refractivity contribution >= 4 is 29.8 Å². The summed E-state index contributed by atoms with van der Waals surface area (Å²) in [6.45, 7) is 5.92. The normalized spacial score (nSPS) is 14.5. The lowest BCUT2D eigenvalue weighted by molar-refractivity contribution is -0.143. The number of nitrogens with two attached hydrogens (primary N) is 1. The van der Waals surface area contributed by atoms with Crippen molar-refractivity contribution in [2.75, 3.05) is 0 Å². The van der Waals surface area contributed by atoms with Gasteiger partial charge in [0.05, 0.1) is 18.2 Å². The van der Waals surface area contributed by atoms with Crippen LogP contribution in [0, 0.1) is 5.92 Å². The van der Waals surface area contributed by atoms with Crippen molar-refractivity contribution in [3.8, 4) is 0 Å². The third-order valence-corrected chi connectivity index (χ3v) is 6.80. The number of aliphatic hydroxyl groups is 1. The molecule has 0 fully saturated rings. The molecule has 6 N–H and O–H groups in total. The number of rotatable bonds is 15. The molecule has 12 nitrogen and oxygen atoms in total. The number of aliphatic hydroxyl groups excluding tert-OH is 1. The third-order valence-electron chi connectivity index (χ3n) is 6.80. The largest absolute Gasteiger partial charge is 0.480 e. The molecule has 0 aliphatic heterocycles. The average Bonchev–Trinajstić information content (AvgIpc) is 2.97. The second-order valence-corrected chi connectivity index (χ2v) is 10.8. The van der Waals surface area contributed by atoms with Crippen LogP contribution in [0.1, 0.15) is 51.7 Å². The number of imide groups is 1. The number of nitrogens with one attached hydrogen (secondary N) is 2. The van der Waals surface area contributed by atoms with Crippen LogP contribution in [0.3, 0.4) is 0 Å². The molecule has 0 saturated carbocycles. The van der Waals surface area contributed by atoms with Gasteiger partial charge in [0.2, 0.25) is 17.7 Å². The number of carbonyl (C=O) groups is 5. The van der Waals surface area contributed by atoms with Crippen LogP contribution in [-0.2, 0) is 36.9 Å². The van der Waals surface area contributed by atoms with Crippen molar-refractivity contribution < 1.29 is 38.9 Å². The number of benzene rings is 2. The van der Waals surface area contributed by atoms with Crippen LogP contribution in [0.25, 0.3) is 0 Å². The van der Waals surface area contributed by atoms with Crippen LogP contribution in [0.2, 0.25) is 0 Å². The number of hydrogen-bond acceptors (Lipinski definition) is 8. The molecule has 4 amide bonds.